The number of hydrogen-bond donors (Lipinski definition) is 1. The Balaban J connectivity index is 2.21. The van der Waals surface area contributed by atoms with Crippen LogP contribution in [0.25, 0.3) is 0 Å². The number of amides is 1. The van der Waals surface area contributed by atoms with Crippen LogP contribution in [-0.4, -0.2) is 10.9 Å². The van der Waals surface area contributed by atoms with Crippen LogP contribution in [0.3, 0.4) is 0 Å². The summed E-state index contributed by atoms with van der Waals surface area (Å²) in [6, 6.07) is 9.63. The number of aryl methyl sites for hydroxylation is 2. The number of nitrogens with zero attached hydrogens (tertiary/aromatic N) is 1. The van der Waals surface area contributed by atoms with Gasteiger partial charge in [-0.25, -0.2) is 0 Å². The third-order valence-corrected chi connectivity index (χ3v) is 2.88. The van der Waals surface area contributed by atoms with Gasteiger partial charge in [-0.15, -0.1) is 0 Å². The summed E-state index contributed by atoms with van der Waals surface area (Å²) in [5, 5.41) is 2.92. The minimum absolute atomic E-state index is 0.126. The summed E-state index contributed by atoms with van der Waals surface area (Å²) < 4.78 is 0. The summed E-state index contributed by atoms with van der Waals surface area (Å²) in [4.78, 5) is 16.0. The molecule has 2 aromatic rings. The van der Waals surface area contributed by atoms with Crippen molar-refractivity contribution in [1.82, 2.24) is 4.98 Å². The van der Waals surface area contributed by atoms with E-state index < -0.39 is 0 Å². The Morgan fingerprint density at radius 2 is 2.17 bits per heavy atom. The van der Waals surface area contributed by atoms with Crippen LogP contribution in [0.5, 0.6) is 0 Å². The third-order valence-electron chi connectivity index (χ3n) is 2.88. The summed E-state index contributed by atoms with van der Waals surface area (Å²) >= 11 is 0. The van der Waals surface area contributed by atoms with Gasteiger partial charge in [0, 0.05) is 18.1 Å². The fraction of sp³-hybridized carbons (Fsp3) is 0.200. The van der Waals surface area contributed by atoms with Crippen molar-refractivity contribution in [2.45, 2.75) is 20.3 Å². The van der Waals surface area contributed by atoms with Crippen LogP contribution in [0, 0.1) is 6.92 Å². The van der Waals surface area contributed by atoms with E-state index in [-0.39, 0.29) is 5.91 Å². The van der Waals surface area contributed by atoms with Gasteiger partial charge >= 0.3 is 0 Å². The molecule has 3 nitrogen and oxygen atoms in total. The molecule has 0 radical (unpaired) electrons. The number of aromatic nitrogens is 1. The zero-order valence-electron chi connectivity index (χ0n) is 10.6. The lowest BCUT2D eigenvalue weighted by Crippen LogP contribution is -2.13. The number of benzene rings is 1. The Kier molecular flexibility index (Phi) is 3.72. The fourth-order valence-corrected chi connectivity index (χ4v) is 1.72. The van der Waals surface area contributed by atoms with Crippen LogP contribution < -0.4 is 5.32 Å². The lowest BCUT2D eigenvalue weighted by Gasteiger charge is -2.09. The van der Waals surface area contributed by atoms with Gasteiger partial charge in [0.25, 0.3) is 5.91 Å². The van der Waals surface area contributed by atoms with Crippen molar-refractivity contribution in [2.75, 3.05) is 5.32 Å². The topological polar surface area (TPSA) is 42.0 Å². The highest BCUT2D eigenvalue weighted by Gasteiger charge is 2.07. The average Bonchev–Trinajstić information content (AvgIpc) is 2.42. The summed E-state index contributed by atoms with van der Waals surface area (Å²) in [5.74, 6) is -0.126. The third kappa shape index (κ3) is 2.74. The molecule has 1 heterocycles. The predicted molar refractivity (Wildman–Crippen MR) is 72.7 cm³/mol. The van der Waals surface area contributed by atoms with E-state index in [9.17, 15) is 4.79 Å². The molecule has 0 aliphatic rings. The maximum atomic E-state index is 12.0. The Hall–Kier alpha value is -2.16. The van der Waals surface area contributed by atoms with Crippen LogP contribution in [0.4, 0.5) is 5.69 Å². The second-order valence-corrected chi connectivity index (χ2v) is 4.20. The first kappa shape index (κ1) is 12.3. The largest absolute Gasteiger partial charge is 0.322 e. The van der Waals surface area contributed by atoms with Gasteiger partial charge in [-0.3, -0.25) is 9.78 Å². The number of nitrogens with one attached hydrogen (secondary N) is 1. The standard InChI is InChI=1S/C15H16N2O/c1-3-12-7-6-11(2)14(9-12)17-15(18)13-5-4-8-16-10-13/h4-10H,3H2,1-2H3,(H,17,18). The average molecular weight is 240 g/mol. The van der Waals surface area contributed by atoms with Crippen molar-refractivity contribution in [3.05, 3.63) is 59.4 Å². The smallest absolute Gasteiger partial charge is 0.257 e. The molecule has 0 bridgehead atoms. The van der Waals surface area contributed by atoms with Gasteiger partial charge < -0.3 is 5.32 Å². The van der Waals surface area contributed by atoms with Gasteiger partial charge in [0.2, 0.25) is 0 Å². The molecule has 0 aliphatic carbocycles. The van der Waals surface area contributed by atoms with Crippen molar-refractivity contribution in [3.8, 4) is 0 Å². The van der Waals surface area contributed by atoms with Gasteiger partial charge in [0.15, 0.2) is 0 Å². The second kappa shape index (κ2) is 5.45. The number of hydrogen-bond acceptors (Lipinski definition) is 2. The van der Waals surface area contributed by atoms with E-state index in [2.05, 4.69) is 23.3 Å². The molecule has 0 unspecified atom stereocenters. The highest BCUT2D eigenvalue weighted by molar-refractivity contribution is 6.04. The molecule has 92 valence electrons. The fourth-order valence-electron chi connectivity index (χ4n) is 1.72. The summed E-state index contributed by atoms with van der Waals surface area (Å²) in [7, 11) is 0. The molecule has 3 heteroatoms. The molecule has 0 saturated carbocycles. The van der Waals surface area contributed by atoms with Crippen LogP contribution in [-0.2, 0) is 6.42 Å². The van der Waals surface area contributed by atoms with E-state index in [1.807, 2.05) is 19.1 Å². The van der Waals surface area contributed by atoms with Gasteiger partial charge in [-0.2, -0.15) is 0 Å². The van der Waals surface area contributed by atoms with Crippen molar-refractivity contribution >= 4 is 11.6 Å². The molecule has 1 amide bonds. The first-order valence-corrected chi connectivity index (χ1v) is 6.01. The highest BCUT2D eigenvalue weighted by atomic mass is 16.1. The van der Waals surface area contributed by atoms with Gasteiger partial charge in [-0.1, -0.05) is 19.1 Å². The maximum absolute atomic E-state index is 12.0. The maximum Gasteiger partial charge on any atom is 0.257 e. The Morgan fingerprint density at radius 1 is 1.33 bits per heavy atom. The lowest BCUT2D eigenvalue weighted by molar-refractivity contribution is 0.102. The molecule has 0 atom stereocenters. The first-order valence-electron chi connectivity index (χ1n) is 6.01. The van der Waals surface area contributed by atoms with E-state index in [4.69, 9.17) is 0 Å². The summed E-state index contributed by atoms with van der Waals surface area (Å²) in [6.45, 7) is 4.08. The SMILES string of the molecule is CCc1ccc(C)c(NC(=O)c2cccnc2)c1. The second-order valence-electron chi connectivity index (χ2n) is 4.20. The lowest BCUT2D eigenvalue weighted by atomic mass is 10.1. The van der Waals surface area contributed by atoms with E-state index in [1.54, 1.807) is 24.5 Å². The predicted octanol–water partition coefficient (Wildman–Crippen LogP) is 3.20. The van der Waals surface area contributed by atoms with E-state index in [1.165, 1.54) is 5.56 Å². The minimum Gasteiger partial charge on any atom is -0.322 e. The van der Waals surface area contributed by atoms with Crippen LogP contribution in [0.1, 0.15) is 28.4 Å². The first-order chi connectivity index (χ1) is 8.70. The van der Waals surface area contributed by atoms with Crippen LogP contribution >= 0.6 is 0 Å². The number of pyridine rings is 1. The molecule has 0 saturated heterocycles. The molecular formula is C15H16N2O. The minimum atomic E-state index is -0.126. The van der Waals surface area contributed by atoms with Gasteiger partial charge in [0.1, 0.15) is 0 Å². The molecule has 2 rings (SSSR count). The van der Waals surface area contributed by atoms with Crippen molar-refractivity contribution in [3.63, 3.8) is 0 Å². The zero-order valence-corrected chi connectivity index (χ0v) is 10.6. The number of carbonyl (C=O) groups is 1. The number of anilines is 1. The highest BCUT2D eigenvalue weighted by Crippen LogP contribution is 2.18. The molecule has 0 aliphatic heterocycles. The Bertz CT molecular complexity index is 550. The van der Waals surface area contributed by atoms with Crippen molar-refractivity contribution in [1.29, 1.82) is 0 Å². The monoisotopic (exact) mass is 240 g/mol. The van der Waals surface area contributed by atoms with Gasteiger partial charge in [0.05, 0.1) is 5.56 Å². The van der Waals surface area contributed by atoms with Gasteiger partial charge in [-0.05, 0) is 42.7 Å². The van der Waals surface area contributed by atoms with E-state index in [0.29, 0.717) is 5.56 Å². The molecular weight excluding hydrogens is 224 g/mol. The van der Waals surface area contributed by atoms with Crippen LogP contribution in [0.15, 0.2) is 42.7 Å². The van der Waals surface area contributed by atoms with E-state index in [0.717, 1.165) is 17.7 Å². The van der Waals surface area contributed by atoms with Crippen molar-refractivity contribution < 1.29 is 4.79 Å². The zero-order chi connectivity index (χ0) is 13.0. The molecule has 1 N–H and O–H groups in total. The quantitative estimate of drug-likeness (QED) is 0.895. The normalized spacial score (nSPS) is 10.1. The molecule has 0 fully saturated rings. The number of carbonyl (C=O) groups excluding carboxylic acids is 1. The molecule has 0 spiro atoms. The molecule has 1 aromatic carbocycles. The van der Waals surface area contributed by atoms with E-state index >= 15 is 0 Å². The summed E-state index contributed by atoms with van der Waals surface area (Å²) in [6.07, 6.45) is 4.17. The Labute approximate surface area is 107 Å². The molecule has 18 heavy (non-hydrogen) atoms. The number of rotatable bonds is 3. The van der Waals surface area contributed by atoms with Crippen LogP contribution in [0.2, 0.25) is 0 Å². The summed E-state index contributed by atoms with van der Waals surface area (Å²) in [5.41, 5.74) is 3.70. The molecule has 1 aromatic heterocycles. The van der Waals surface area contributed by atoms with Crippen molar-refractivity contribution in [2.24, 2.45) is 0 Å². The Morgan fingerprint density at radius 3 is 2.83 bits per heavy atom.